The van der Waals surface area contributed by atoms with Gasteiger partial charge >= 0.3 is 0 Å². The zero-order valence-electron chi connectivity index (χ0n) is 7.16. The fourth-order valence-electron chi connectivity index (χ4n) is 1.18. The van der Waals surface area contributed by atoms with Crippen LogP contribution >= 0.6 is 11.3 Å². The number of nitriles is 1. The van der Waals surface area contributed by atoms with Crippen LogP contribution in [0.5, 0.6) is 0 Å². The Kier molecular flexibility index (Phi) is 2.85. The van der Waals surface area contributed by atoms with Crippen LogP contribution in [0.2, 0.25) is 0 Å². The fraction of sp³-hybridized carbons (Fsp3) is 0.444. The van der Waals surface area contributed by atoms with E-state index in [9.17, 15) is 5.11 Å². The van der Waals surface area contributed by atoms with Gasteiger partial charge in [-0.05, 0) is 25.5 Å². The van der Waals surface area contributed by atoms with Crippen molar-refractivity contribution in [3.8, 4) is 6.07 Å². The summed E-state index contributed by atoms with van der Waals surface area (Å²) < 4.78 is 0. The van der Waals surface area contributed by atoms with Crippen LogP contribution in [0.1, 0.15) is 27.8 Å². The highest BCUT2D eigenvalue weighted by atomic mass is 32.1. The van der Waals surface area contributed by atoms with Crippen molar-refractivity contribution in [1.82, 2.24) is 0 Å². The molecule has 0 aliphatic carbocycles. The summed E-state index contributed by atoms with van der Waals surface area (Å²) in [5.74, 6) is 0. The lowest BCUT2D eigenvalue weighted by Gasteiger charge is -2.03. The Bertz CT molecular complexity index is 311. The summed E-state index contributed by atoms with van der Waals surface area (Å²) in [6, 6.07) is 3.90. The topological polar surface area (TPSA) is 44.0 Å². The molecule has 1 atom stereocenters. The molecular formula is C9H11NOS. The van der Waals surface area contributed by atoms with E-state index in [1.165, 1.54) is 4.88 Å². The van der Waals surface area contributed by atoms with E-state index in [0.29, 0.717) is 0 Å². The molecule has 3 heteroatoms. The molecule has 0 aliphatic rings. The molecule has 0 radical (unpaired) electrons. The minimum Gasteiger partial charge on any atom is -0.387 e. The molecule has 1 aromatic rings. The van der Waals surface area contributed by atoms with Crippen LogP contribution in [0.25, 0.3) is 0 Å². The molecule has 0 spiro atoms. The molecule has 1 N–H and O–H groups in total. The number of rotatable bonds is 2. The van der Waals surface area contributed by atoms with Gasteiger partial charge < -0.3 is 5.11 Å². The lowest BCUT2D eigenvalue weighted by atomic mass is 10.1. The number of hydrogen-bond acceptors (Lipinski definition) is 3. The molecule has 0 saturated carbocycles. The van der Waals surface area contributed by atoms with Gasteiger partial charge in [-0.15, -0.1) is 11.3 Å². The van der Waals surface area contributed by atoms with Crippen LogP contribution in [-0.4, -0.2) is 5.11 Å². The summed E-state index contributed by atoms with van der Waals surface area (Å²) in [7, 11) is 0. The molecule has 1 aromatic heterocycles. The molecule has 2 nitrogen and oxygen atoms in total. The molecule has 12 heavy (non-hydrogen) atoms. The van der Waals surface area contributed by atoms with Gasteiger partial charge in [-0.2, -0.15) is 5.26 Å². The Labute approximate surface area is 76.1 Å². The Morgan fingerprint density at radius 3 is 2.75 bits per heavy atom. The van der Waals surface area contributed by atoms with Gasteiger partial charge in [0.05, 0.1) is 18.6 Å². The first-order valence-corrected chi connectivity index (χ1v) is 4.58. The average molecular weight is 181 g/mol. The molecular weight excluding hydrogens is 170 g/mol. The maximum atomic E-state index is 9.50. The highest BCUT2D eigenvalue weighted by Gasteiger charge is 2.11. The maximum Gasteiger partial charge on any atom is 0.0930 e. The molecule has 0 saturated heterocycles. The summed E-state index contributed by atoms with van der Waals surface area (Å²) in [5.41, 5.74) is 0.902. The van der Waals surface area contributed by atoms with Crippen LogP contribution in [-0.2, 0) is 0 Å². The predicted octanol–water partition coefficient (Wildman–Crippen LogP) is 2.31. The van der Waals surface area contributed by atoms with Gasteiger partial charge in [-0.25, -0.2) is 0 Å². The summed E-state index contributed by atoms with van der Waals surface area (Å²) in [5, 5.41) is 17.9. The van der Waals surface area contributed by atoms with Crippen molar-refractivity contribution >= 4 is 11.3 Å². The van der Waals surface area contributed by atoms with Gasteiger partial charge in [0.1, 0.15) is 0 Å². The van der Waals surface area contributed by atoms with Crippen molar-refractivity contribution in [3.63, 3.8) is 0 Å². The van der Waals surface area contributed by atoms with E-state index in [2.05, 4.69) is 0 Å². The van der Waals surface area contributed by atoms with Crippen LogP contribution in [0.4, 0.5) is 0 Å². The minimum absolute atomic E-state index is 0.178. The minimum atomic E-state index is -0.611. The molecule has 1 heterocycles. The molecule has 0 amide bonds. The normalized spacial score (nSPS) is 12.5. The maximum absolute atomic E-state index is 9.50. The summed E-state index contributed by atoms with van der Waals surface area (Å²) in [4.78, 5) is 2.29. The van der Waals surface area contributed by atoms with Crippen LogP contribution < -0.4 is 0 Å². The van der Waals surface area contributed by atoms with Gasteiger partial charge in [0.2, 0.25) is 0 Å². The van der Waals surface area contributed by atoms with Gasteiger partial charge in [-0.1, -0.05) is 0 Å². The van der Waals surface area contributed by atoms with Gasteiger partial charge in [0.25, 0.3) is 0 Å². The first-order valence-electron chi connectivity index (χ1n) is 3.77. The van der Waals surface area contributed by atoms with Crippen LogP contribution in [0, 0.1) is 25.2 Å². The Balaban J connectivity index is 2.88. The molecule has 0 bridgehead atoms. The largest absolute Gasteiger partial charge is 0.387 e. The van der Waals surface area contributed by atoms with Crippen LogP contribution in [0.15, 0.2) is 6.07 Å². The van der Waals surface area contributed by atoms with E-state index in [-0.39, 0.29) is 6.42 Å². The molecule has 64 valence electrons. The molecule has 0 aromatic carbocycles. The Hall–Kier alpha value is -0.850. The Morgan fingerprint density at radius 1 is 1.67 bits per heavy atom. The second-order valence-electron chi connectivity index (χ2n) is 2.75. The third-order valence-corrected chi connectivity index (χ3v) is 2.70. The van der Waals surface area contributed by atoms with Gasteiger partial charge in [0.15, 0.2) is 0 Å². The summed E-state index contributed by atoms with van der Waals surface area (Å²) in [6.45, 7) is 3.97. The molecule has 0 fully saturated rings. The zero-order chi connectivity index (χ0) is 9.14. The number of hydrogen-bond donors (Lipinski definition) is 1. The number of aliphatic hydroxyl groups excluding tert-OH is 1. The van der Waals surface area contributed by atoms with Crippen molar-refractivity contribution in [2.75, 3.05) is 0 Å². The monoisotopic (exact) mass is 181 g/mol. The molecule has 1 unspecified atom stereocenters. The third kappa shape index (κ3) is 1.84. The molecule has 1 rings (SSSR count). The molecule has 0 aliphatic heterocycles. The van der Waals surface area contributed by atoms with E-state index in [1.54, 1.807) is 11.3 Å². The number of nitrogens with zero attached hydrogens (tertiary/aromatic N) is 1. The van der Waals surface area contributed by atoms with E-state index in [1.807, 2.05) is 26.0 Å². The first kappa shape index (κ1) is 9.24. The Morgan fingerprint density at radius 2 is 2.33 bits per heavy atom. The van der Waals surface area contributed by atoms with Crippen molar-refractivity contribution in [2.24, 2.45) is 0 Å². The summed E-state index contributed by atoms with van der Waals surface area (Å²) in [6.07, 6.45) is -0.434. The van der Waals surface area contributed by atoms with E-state index in [4.69, 9.17) is 5.26 Å². The lowest BCUT2D eigenvalue weighted by molar-refractivity contribution is 0.183. The third-order valence-electron chi connectivity index (χ3n) is 1.72. The second-order valence-corrected chi connectivity index (χ2v) is 4.21. The van der Waals surface area contributed by atoms with Crippen LogP contribution in [0.3, 0.4) is 0 Å². The van der Waals surface area contributed by atoms with E-state index >= 15 is 0 Å². The highest BCUT2D eigenvalue weighted by Crippen LogP contribution is 2.27. The van der Waals surface area contributed by atoms with Crippen molar-refractivity contribution < 1.29 is 5.11 Å². The first-order chi connectivity index (χ1) is 5.65. The number of thiophene rings is 1. The standard InChI is InChI=1S/C9H11NOS/c1-6-5-8(7(2)12-6)9(11)3-4-10/h5,9,11H,3H2,1-2H3. The van der Waals surface area contributed by atoms with Gasteiger partial charge in [-0.3, -0.25) is 0 Å². The predicted molar refractivity (Wildman–Crippen MR) is 49.0 cm³/mol. The van der Waals surface area contributed by atoms with E-state index < -0.39 is 6.10 Å². The highest BCUT2D eigenvalue weighted by molar-refractivity contribution is 7.12. The number of aliphatic hydroxyl groups is 1. The number of aryl methyl sites for hydroxylation is 2. The van der Waals surface area contributed by atoms with Crippen molar-refractivity contribution in [1.29, 1.82) is 5.26 Å². The van der Waals surface area contributed by atoms with Crippen molar-refractivity contribution in [3.05, 3.63) is 21.4 Å². The summed E-state index contributed by atoms with van der Waals surface area (Å²) >= 11 is 1.65. The van der Waals surface area contributed by atoms with Crippen molar-refractivity contribution in [2.45, 2.75) is 26.4 Å². The zero-order valence-corrected chi connectivity index (χ0v) is 7.98. The van der Waals surface area contributed by atoms with Gasteiger partial charge in [0, 0.05) is 9.75 Å². The quantitative estimate of drug-likeness (QED) is 0.760. The lowest BCUT2D eigenvalue weighted by Crippen LogP contribution is -1.95. The average Bonchev–Trinajstić information content (AvgIpc) is 2.30. The van der Waals surface area contributed by atoms with E-state index in [0.717, 1.165) is 10.4 Å². The second kappa shape index (κ2) is 3.70. The smallest absolute Gasteiger partial charge is 0.0930 e. The SMILES string of the molecule is Cc1cc(C(O)CC#N)c(C)s1. The fourth-order valence-corrected chi connectivity index (χ4v) is 2.16.